The van der Waals surface area contributed by atoms with Crippen molar-refractivity contribution in [3.8, 4) is 0 Å². The predicted molar refractivity (Wildman–Crippen MR) is 194 cm³/mol. The number of fused-ring (bicyclic) bond motifs is 6. The first-order valence-corrected chi connectivity index (χ1v) is 20.7. The van der Waals surface area contributed by atoms with E-state index in [0.717, 1.165) is 69.9 Å². The fourth-order valence-corrected chi connectivity index (χ4v) is 11.9. The van der Waals surface area contributed by atoms with Crippen molar-refractivity contribution in [2.75, 3.05) is 6.54 Å². The number of ketones is 1. The number of ether oxygens (including phenoxy) is 1. The molecule has 1 N–H and O–H groups in total. The topological polar surface area (TPSA) is 66.8 Å². The van der Waals surface area contributed by atoms with Gasteiger partial charge in [0, 0.05) is 30.4 Å². The number of amides is 1. The zero-order valence-electron chi connectivity index (χ0n) is 31.4. The summed E-state index contributed by atoms with van der Waals surface area (Å²) in [7, 11) is 0. The molecule has 2 saturated heterocycles. The van der Waals surface area contributed by atoms with Gasteiger partial charge < -0.3 is 14.7 Å². The molecule has 2 saturated carbocycles. The van der Waals surface area contributed by atoms with E-state index in [1.807, 2.05) is 0 Å². The fourth-order valence-electron chi connectivity index (χ4n) is 11.9. The number of hydrogen-bond donors (Lipinski definition) is 1. The van der Waals surface area contributed by atoms with E-state index in [4.69, 9.17) is 4.74 Å². The van der Waals surface area contributed by atoms with Crippen LogP contribution in [0.4, 0.5) is 0 Å². The van der Waals surface area contributed by atoms with Crippen LogP contribution in [0.25, 0.3) is 0 Å². The van der Waals surface area contributed by atoms with E-state index in [1.165, 1.54) is 81.8 Å². The summed E-state index contributed by atoms with van der Waals surface area (Å²) >= 11 is 0. The first kappa shape index (κ1) is 36.3. The number of Topliss-reactive ketones (excluding diaryl/α,β-unsaturated/α-hetero) is 1. The number of piperidine rings is 1. The summed E-state index contributed by atoms with van der Waals surface area (Å²) < 4.78 is 7.20. The van der Waals surface area contributed by atoms with Gasteiger partial charge in [-0.05, 0) is 87.0 Å². The van der Waals surface area contributed by atoms with Gasteiger partial charge in [0.2, 0.25) is 5.91 Å². The van der Waals surface area contributed by atoms with Gasteiger partial charge in [-0.15, -0.1) is 0 Å². The van der Waals surface area contributed by atoms with Crippen molar-refractivity contribution in [3.05, 3.63) is 22.8 Å². The van der Waals surface area contributed by atoms with Crippen molar-refractivity contribution in [3.63, 3.8) is 0 Å². The van der Waals surface area contributed by atoms with E-state index in [2.05, 4.69) is 45.6 Å². The van der Waals surface area contributed by atoms with Gasteiger partial charge in [0.05, 0.1) is 23.9 Å². The van der Waals surface area contributed by atoms with Crippen LogP contribution in [0.5, 0.6) is 0 Å². The summed E-state index contributed by atoms with van der Waals surface area (Å²) in [6.07, 6.45) is 26.3. The van der Waals surface area contributed by atoms with Crippen molar-refractivity contribution >= 4 is 11.7 Å². The van der Waals surface area contributed by atoms with Crippen molar-refractivity contribution in [2.45, 2.75) is 193 Å². The number of aliphatic hydroxyl groups is 1. The number of carbonyl (C=O) groups excluding carboxylic acids is 2. The summed E-state index contributed by atoms with van der Waals surface area (Å²) in [5.74, 6) is 2.04. The van der Waals surface area contributed by atoms with Gasteiger partial charge in [-0.1, -0.05) is 116 Å². The molecule has 1 spiro atoms. The Morgan fingerprint density at radius 1 is 0.958 bits per heavy atom. The molecule has 0 radical (unpaired) electrons. The monoisotopic (exact) mass is 664 g/mol. The van der Waals surface area contributed by atoms with Gasteiger partial charge in [-0.2, -0.15) is 0 Å². The highest BCUT2D eigenvalue weighted by Gasteiger charge is 2.64. The summed E-state index contributed by atoms with van der Waals surface area (Å²) in [6, 6.07) is 0.104. The Morgan fingerprint density at radius 3 is 2.27 bits per heavy atom. The molecule has 0 unspecified atom stereocenters. The quantitative estimate of drug-likeness (QED) is 0.148. The molecule has 270 valence electrons. The van der Waals surface area contributed by atoms with Crippen LogP contribution < -0.4 is 0 Å². The van der Waals surface area contributed by atoms with Crippen LogP contribution in [0.2, 0.25) is 0 Å². The number of aliphatic hydroxyl groups excluding tert-OH is 1. The highest BCUT2D eigenvalue weighted by atomic mass is 16.5. The Hall–Kier alpha value is -1.46. The first-order chi connectivity index (χ1) is 23.1. The number of nitrogens with zero attached hydrogens (tertiary/aromatic N) is 1. The van der Waals surface area contributed by atoms with Crippen LogP contribution in [0, 0.1) is 35.0 Å². The molecule has 2 aliphatic heterocycles. The zero-order chi connectivity index (χ0) is 34.1. The van der Waals surface area contributed by atoms with Crippen LogP contribution in [0.15, 0.2) is 22.8 Å². The third-order valence-corrected chi connectivity index (χ3v) is 14.5. The molecule has 2 heterocycles. The van der Waals surface area contributed by atoms with E-state index >= 15 is 0 Å². The molecule has 0 aromatic rings. The molecule has 1 amide bonds. The normalized spacial score (nSPS) is 38.9. The van der Waals surface area contributed by atoms with Gasteiger partial charge in [0.15, 0.2) is 5.78 Å². The molecule has 5 nitrogen and oxygen atoms in total. The molecule has 6 aliphatic rings. The first-order valence-electron chi connectivity index (χ1n) is 20.7. The molecule has 6 rings (SSSR count). The lowest BCUT2D eigenvalue weighted by atomic mass is 9.56. The van der Waals surface area contributed by atoms with E-state index in [1.54, 1.807) is 0 Å². The molecule has 4 aliphatic carbocycles. The van der Waals surface area contributed by atoms with Gasteiger partial charge >= 0.3 is 0 Å². The largest absolute Gasteiger partial charge is 0.393 e. The minimum absolute atomic E-state index is 0.0347. The van der Waals surface area contributed by atoms with Gasteiger partial charge in [0.25, 0.3) is 0 Å². The van der Waals surface area contributed by atoms with Crippen LogP contribution in [0.3, 0.4) is 0 Å². The third kappa shape index (κ3) is 6.79. The molecular formula is C43H69NO4. The van der Waals surface area contributed by atoms with E-state index in [9.17, 15) is 14.7 Å². The standard InChI is InChI=1S/C43H69NO4/c1-6-7-8-9-10-11-12-13-14-15-16-17-18-19-37(46)44-28-29(2)26-36-40(44)31(4)43(48-36)25-23-34-35-21-20-32-27-33(45)22-24-42(32,5)39(35)41(47)38(34)30(43)3/h20,29,31,33-36,39-40,45H,6-19,21-28H2,1-5H3/t29-,31+,33-,34-,35-,36+,39+,40-,42-,43-/m0/s1. The average Bonchev–Trinajstić information content (AvgIpc) is 3.52. The Balaban J connectivity index is 1.05. The molecular weight excluding hydrogens is 594 g/mol. The lowest BCUT2D eigenvalue weighted by Gasteiger charge is -2.48. The van der Waals surface area contributed by atoms with Crippen LogP contribution in [-0.2, 0) is 14.3 Å². The second-order valence-corrected chi connectivity index (χ2v) is 17.7. The smallest absolute Gasteiger partial charge is 0.222 e. The zero-order valence-corrected chi connectivity index (χ0v) is 31.4. The molecule has 0 bridgehead atoms. The van der Waals surface area contributed by atoms with Crippen LogP contribution in [0.1, 0.15) is 169 Å². The Labute approximate surface area is 293 Å². The number of carbonyl (C=O) groups is 2. The van der Waals surface area contributed by atoms with Crippen molar-refractivity contribution in [1.82, 2.24) is 4.90 Å². The average molecular weight is 664 g/mol. The van der Waals surface area contributed by atoms with Crippen LogP contribution >= 0.6 is 0 Å². The number of unbranched alkanes of at least 4 members (excludes halogenated alkanes) is 12. The Kier molecular flexibility index (Phi) is 11.7. The predicted octanol–water partition coefficient (Wildman–Crippen LogP) is 9.90. The summed E-state index contributed by atoms with van der Waals surface area (Å²) in [5.41, 5.74) is 3.03. The number of rotatable bonds is 14. The maximum atomic E-state index is 14.5. The summed E-state index contributed by atoms with van der Waals surface area (Å²) in [5, 5.41) is 10.4. The van der Waals surface area contributed by atoms with E-state index in [0.29, 0.717) is 35.9 Å². The van der Waals surface area contributed by atoms with E-state index < -0.39 is 5.60 Å². The SMILES string of the molecule is CCCCCCCCCCCCCCCC(=O)N1C[C@@H](C)C[C@H]2O[C@]3(CC[C@@H]4C(=C3C)C(=O)[C@H]3[C@H]4CC=C4C[C@@H](O)CC[C@@]43C)[C@H](C)[C@@H]21. The molecule has 48 heavy (non-hydrogen) atoms. The molecule has 4 fully saturated rings. The second-order valence-electron chi connectivity index (χ2n) is 17.7. The lowest BCUT2D eigenvalue weighted by Crippen LogP contribution is -2.54. The van der Waals surface area contributed by atoms with Gasteiger partial charge in [-0.25, -0.2) is 0 Å². The second kappa shape index (κ2) is 15.4. The number of likely N-dealkylation sites (tertiary alicyclic amines) is 1. The van der Waals surface area contributed by atoms with Crippen molar-refractivity contribution < 1.29 is 19.4 Å². The fraction of sp³-hybridized carbons (Fsp3) is 0.860. The minimum Gasteiger partial charge on any atom is -0.393 e. The Morgan fingerprint density at radius 2 is 1.60 bits per heavy atom. The van der Waals surface area contributed by atoms with Crippen molar-refractivity contribution in [1.29, 1.82) is 0 Å². The van der Waals surface area contributed by atoms with E-state index in [-0.39, 0.29) is 35.5 Å². The highest BCUT2D eigenvalue weighted by Crippen LogP contribution is 2.64. The van der Waals surface area contributed by atoms with Gasteiger partial charge in [0.1, 0.15) is 0 Å². The molecule has 0 aromatic heterocycles. The van der Waals surface area contributed by atoms with Crippen LogP contribution in [-0.4, -0.2) is 52.1 Å². The lowest BCUT2D eigenvalue weighted by molar-refractivity contribution is -0.139. The summed E-state index contributed by atoms with van der Waals surface area (Å²) in [4.78, 5) is 30.6. The molecule has 10 atom stereocenters. The maximum Gasteiger partial charge on any atom is 0.222 e. The van der Waals surface area contributed by atoms with Crippen molar-refractivity contribution in [2.24, 2.45) is 35.0 Å². The highest BCUT2D eigenvalue weighted by molar-refractivity contribution is 6.02. The molecule has 0 aromatic carbocycles. The minimum atomic E-state index is -0.442. The maximum absolute atomic E-state index is 14.5. The molecule has 5 heteroatoms. The number of allylic oxidation sites excluding steroid dienone is 2. The summed E-state index contributed by atoms with van der Waals surface area (Å²) in [6.45, 7) is 12.3. The number of hydrogen-bond acceptors (Lipinski definition) is 4. The third-order valence-electron chi connectivity index (χ3n) is 14.5. The van der Waals surface area contributed by atoms with Gasteiger partial charge in [-0.3, -0.25) is 9.59 Å². The Bertz CT molecular complexity index is 1220.